The van der Waals surface area contributed by atoms with Crippen molar-refractivity contribution in [3.05, 3.63) is 75.9 Å². The second-order valence-corrected chi connectivity index (χ2v) is 8.69. The van der Waals surface area contributed by atoms with Crippen molar-refractivity contribution >= 4 is 50.9 Å². The van der Waals surface area contributed by atoms with Crippen LogP contribution in [0.2, 0.25) is 5.02 Å². The standard InChI is InChI=1S/C21H16BrClN4O2S/c1-13-11-14(22)4-9-17(13)24-19(28)12-30-21-26-25-20(18-3-2-10-29-18)27(21)16-7-5-15(23)6-8-16/h2-11H,12H2,1H3,(H,24,28). The molecule has 0 bridgehead atoms. The van der Waals surface area contributed by atoms with Gasteiger partial charge in [-0.1, -0.05) is 39.3 Å². The van der Waals surface area contributed by atoms with E-state index in [1.807, 2.05) is 47.9 Å². The lowest BCUT2D eigenvalue weighted by molar-refractivity contribution is -0.113. The number of carbonyl (C=O) groups excluding carboxylic acids is 1. The van der Waals surface area contributed by atoms with Gasteiger partial charge in [0.15, 0.2) is 10.9 Å². The van der Waals surface area contributed by atoms with E-state index >= 15 is 0 Å². The first-order valence-corrected chi connectivity index (χ1v) is 11.1. The third-order valence-corrected chi connectivity index (χ3v) is 5.93. The van der Waals surface area contributed by atoms with E-state index in [2.05, 4.69) is 31.4 Å². The number of furan rings is 1. The van der Waals surface area contributed by atoms with E-state index in [9.17, 15) is 4.79 Å². The third kappa shape index (κ3) is 4.61. The summed E-state index contributed by atoms with van der Waals surface area (Å²) < 4.78 is 8.32. The van der Waals surface area contributed by atoms with E-state index in [-0.39, 0.29) is 11.7 Å². The molecule has 4 rings (SSSR count). The maximum atomic E-state index is 12.5. The lowest BCUT2D eigenvalue weighted by Crippen LogP contribution is -2.15. The Morgan fingerprint density at radius 2 is 2.00 bits per heavy atom. The molecule has 152 valence electrons. The van der Waals surface area contributed by atoms with E-state index in [1.54, 1.807) is 24.5 Å². The number of carbonyl (C=O) groups is 1. The molecule has 30 heavy (non-hydrogen) atoms. The number of nitrogens with one attached hydrogen (secondary N) is 1. The highest BCUT2D eigenvalue weighted by Gasteiger charge is 2.19. The molecule has 9 heteroatoms. The summed E-state index contributed by atoms with van der Waals surface area (Å²) >= 11 is 10.8. The molecule has 0 radical (unpaired) electrons. The average molecular weight is 504 g/mol. The quantitative estimate of drug-likeness (QED) is 0.328. The van der Waals surface area contributed by atoms with E-state index in [0.29, 0.717) is 21.8 Å². The third-order valence-electron chi connectivity index (χ3n) is 4.25. The zero-order valence-electron chi connectivity index (χ0n) is 15.8. The van der Waals surface area contributed by atoms with Gasteiger partial charge in [0.1, 0.15) is 0 Å². The number of anilines is 1. The summed E-state index contributed by atoms with van der Waals surface area (Å²) in [4.78, 5) is 12.5. The normalized spacial score (nSPS) is 10.9. The van der Waals surface area contributed by atoms with Crippen LogP contribution in [0.25, 0.3) is 17.3 Å². The van der Waals surface area contributed by atoms with Crippen molar-refractivity contribution in [1.82, 2.24) is 14.8 Å². The molecule has 6 nitrogen and oxygen atoms in total. The van der Waals surface area contributed by atoms with Crippen LogP contribution in [0, 0.1) is 6.92 Å². The SMILES string of the molecule is Cc1cc(Br)ccc1NC(=O)CSc1nnc(-c2ccco2)n1-c1ccc(Cl)cc1. The van der Waals surface area contributed by atoms with Crippen LogP contribution in [0.3, 0.4) is 0 Å². The smallest absolute Gasteiger partial charge is 0.234 e. The van der Waals surface area contributed by atoms with Crippen molar-refractivity contribution in [3.8, 4) is 17.3 Å². The summed E-state index contributed by atoms with van der Waals surface area (Å²) in [6, 6.07) is 16.6. The highest BCUT2D eigenvalue weighted by Crippen LogP contribution is 2.29. The van der Waals surface area contributed by atoms with Crippen LogP contribution in [0.15, 0.2) is 74.9 Å². The van der Waals surface area contributed by atoms with Crippen LogP contribution in [-0.2, 0) is 4.79 Å². The summed E-state index contributed by atoms with van der Waals surface area (Å²) in [6.07, 6.45) is 1.58. The molecule has 0 aliphatic heterocycles. The van der Waals surface area contributed by atoms with Gasteiger partial charge in [0.2, 0.25) is 11.7 Å². The van der Waals surface area contributed by atoms with Crippen molar-refractivity contribution in [3.63, 3.8) is 0 Å². The molecule has 0 fully saturated rings. The van der Waals surface area contributed by atoms with Crippen LogP contribution >= 0.6 is 39.3 Å². The predicted molar refractivity (Wildman–Crippen MR) is 122 cm³/mol. The van der Waals surface area contributed by atoms with Crippen molar-refractivity contribution in [2.24, 2.45) is 0 Å². The highest BCUT2D eigenvalue weighted by molar-refractivity contribution is 9.10. The number of benzene rings is 2. The van der Waals surface area contributed by atoms with Crippen molar-refractivity contribution in [2.75, 3.05) is 11.1 Å². The molecule has 1 N–H and O–H groups in total. The topological polar surface area (TPSA) is 73.0 Å². The summed E-state index contributed by atoms with van der Waals surface area (Å²) in [5.41, 5.74) is 2.58. The van der Waals surface area contributed by atoms with Crippen LogP contribution in [0.5, 0.6) is 0 Å². The first kappa shape index (κ1) is 20.7. The largest absolute Gasteiger partial charge is 0.461 e. The van der Waals surface area contributed by atoms with Crippen LogP contribution < -0.4 is 5.32 Å². The Kier molecular flexibility index (Phi) is 6.26. The monoisotopic (exact) mass is 502 g/mol. The molecule has 0 spiro atoms. The number of hydrogen-bond acceptors (Lipinski definition) is 5. The minimum absolute atomic E-state index is 0.129. The number of nitrogens with zero attached hydrogens (tertiary/aromatic N) is 3. The second kappa shape index (κ2) is 9.07. The van der Waals surface area contributed by atoms with Gasteiger partial charge in [0, 0.05) is 20.9 Å². The Hall–Kier alpha value is -2.55. The molecule has 0 saturated carbocycles. The zero-order valence-corrected chi connectivity index (χ0v) is 19.0. The number of thioether (sulfide) groups is 1. The number of amides is 1. The molecule has 0 saturated heterocycles. The Bertz CT molecular complexity index is 1180. The van der Waals surface area contributed by atoms with Gasteiger partial charge < -0.3 is 9.73 Å². The minimum Gasteiger partial charge on any atom is -0.461 e. The number of aryl methyl sites for hydroxylation is 1. The van der Waals surface area contributed by atoms with Gasteiger partial charge in [-0.3, -0.25) is 9.36 Å². The first-order valence-electron chi connectivity index (χ1n) is 8.95. The Morgan fingerprint density at radius 3 is 2.70 bits per heavy atom. The molecule has 4 aromatic rings. The van der Waals surface area contributed by atoms with E-state index in [4.69, 9.17) is 16.0 Å². The van der Waals surface area contributed by atoms with Gasteiger partial charge in [-0.25, -0.2) is 0 Å². The Balaban J connectivity index is 1.56. The van der Waals surface area contributed by atoms with Gasteiger partial charge in [-0.05, 0) is 67.1 Å². The lowest BCUT2D eigenvalue weighted by Gasteiger charge is -2.10. The molecule has 0 atom stereocenters. The fourth-order valence-corrected chi connectivity index (χ4v) is 4.19. The molecule has 1 amide bonds. The van der Waals surface area contributed by atoms with Gasteiger partial charge >= 0.3 is 0 Å². The fourth-order valence-electron chi connectivity index (χ4n) is 2.84. The lowest BCUT2D eigenvalue weighted by atomic mass is 10.2. The molecule has 0 unspecified atom stereocenters. The molecule has 0 aliphatic carbocycles. The summed E-state index contributed by atoms with van der Waals surface area (Å²) in [5.74, 6) is 1.18. The molecule has 2 aromatic heterocycles. The summed E-state index contributed by atoms with van der Waals surface area (Å²) in [6.45, 7) is 1.94. The van der Waals surface area contributed by atoms with Crippen molar-refractivity contribution in [1.29, 1.82) is 0 Å². The molecule has 0 aliphatic rings. The second-order valence-electron chi connectivity index (χ2n) is 6.39. The Labute approximate surface area is 190 Å². The van der Waals surface area contributed by atoms with E-state index < -0.39 is 0 Å². The van der Waals surface area contributed by atoms with Crippen LogP contribution in [0.4, 0.5) is 5.69 Å². The number of aromatic nitrogens is 3. The molecular weight excluding hydrogens is 488 g/mol. The average Bonchev–Trinajstić information content (AvgIpc) is 3.39. The van der Waals surface area contributed by atoms with E-state index in [1.165, 1.54) is 11.8 Å². The first-order chi connectivity index (χ1) is 14.5. The summed E-state index contributed by atoms with van der Waals surface area (Å²) in [5, 5.41) is 12.7. The van der Waals surface area contributed by atoms with E-state index in [0.717, 1.165) is 21.4 Å². The number of halogens is 2. The zero-order chi connectivity index (χ0) is 21.1. The minimum atomic E-state index is -0.129. The van der Waals surface area contributed by atoms with Crippen LogP contribution in [0.1, 0.15) is 5.56 Å². The maximum Gasteiger partial charge on any atom is 0.234 e. The summed E-state index contributed by atoms with van der Waals surface area (Å²) in [7, 11) is 0. The molecule has 2 aromatic carbocycles. The number of hydrogen-bond donors (Lipinski definition) is 1. The van der Waals surface area contributed by atoms with Gasteiger partial charge in [0.05, 0.1) is 12.0 Å². The van der Waals surface area contributed by atoms with Gasteiger partial charge in [0.25, 0.3) is 0 Å². The van der Waals surface area contributed by atoms with Crippen molar-refractivity contribution in [2.45, 2.75) is 12.1 Å². The molecular formula is C21H16BrClN4O2S. The fraction of sp³-hybridized carbons (Fsp3) is 0.0952. The van der Waals surface area contributed by atoms with Gasteiger partial charge in [-0.15, -0.1) is 10.2 Å². The van der Waals surface area contributed by atoms with Gasteiger partial charge in [-0.2, -0.15) is 0 Å². The highest BCUT2D eigenvalue weighted by atomic mass is 79.9. The Morgan fingerprint density at radius 1 is 1.20 bits per heavy atom. The number of rotatable bonds is 6. The predicted octanol–water partition coefficient (Wildman–Crippen LogP) is 5.98. The van der Waals surface area contributed by atoms with Crippen LogP contribution in [-0.4, -0.2) is 26.4 Å². The maximum absolute atomic E-state index is 12.5. The molecule has 2 heterocycles. The van der Waals surface area contributed by atoms with Crippen molar-refractivity contribution < 1.29 is 9.21 Å².